The number of fused-ring (bicyclic) bond motifs is 1. The number of benzene rings is 1. The molecule has 0 saturated carbocycles. The highest BCUT2D eigenvalue weighted by Gasteiger charge is 2.26. The van der Waals surface area contributed by atoms with Crippen LogP contribution in [0.2, 0.25) is 0 Å². The lowest BCUT2D eigenvalue weighted by atomic mass is 9.94. The van der Waals surface area contributed by atoms with Gasteiger partial charge in [-0.15, -0.1) is 0 Å². The largest absolute Gasteiger partial charge is 0.372 e. The van der Waals surface area contributed by atoms with E-state index in [4.69, 9.17) is 0 Å². The number of para-hydroxylation sites is 1. The zero-order valence-corrected chi connectivity index (χ0v) is 15.6. The molecule has 1 heterocycles. The van der Waals surface area contributed by atoms with Gasteiger partial charge in [-0.2, -0.15) is 0 Å². The highest BCUT2D eigenvalue weighted by Crippen LogP contribution is 2.26. The van der Waals surface area contributed by atoms with Crippen molar-refractivity contribution in [3.8, 4) is 0 Å². The molecular formula is C21H27N3O2. The van der Waals surface area contributed by atoms with Crippen molar-refractivity contribution in [2.45, 2.75) is 39.5 Å². The Kier molecular flexibility index (Phi) is 5.76. The fourth-order valence-corrected chi connectivity index (χ4v) is 3.67. The highest BCUT2D eigenvalue weighted by molar-refractivity contribution is 6.04. The summed E-state index contributed by atoms with van der Waals surface area (Å²) in [4.78, 5) is 30.1. The lowest BCUT2D eigenvalue weighted by Crippen LogP contribution is -2.30. The standard InChI is InChI=1S/C21H27N3O2/c1-3-24(16-9-5-4-6-10-16)14-8-13-22-21(26)20-15(2)19-17(23-20)11-7-12-18(19)25/h4-6,9-10,23H,3,7-8,11-14H2,1-2H3,(H,22,26). The summed E-state index contributed by atoms with van der Waals surface area (Å²) in [7, 11) is 0. The minimum atomic E-state index is -0.118. The molecule has 2 aromatic rings. The summed E-state index contributed by atoms with van der Waals surface area (Å²) in [6.07, 6.45) is 3.16. The first-order valence-corrected chi connectivity index (χ1v) is 9.44. The Balaban J connectivity index is 1.54. The highest BCUT2D eigenvalue weighted by atomic mass is 16.2. The van der Waals surface area contributed by atoms with Crippen molar-refractivity contribution in [1.29, 1.82) is 0 Å². The second-order valence-electron chi connectivity index (χ2n) is 6.78. The van der Waals surface area contributed by atoms with Gasteiger partial charge in [0.05, 0.1) is 0 Å². The molecule has 1 aromatic carbocycles. The number of aromatic nitrogens is 1. The molecule has 0 unspecified atom stereocenters. The molecule has 1 aliphatic rings. The fraction of sp³-hybridized carbons (Fsp3) is 0.429. The van der Waals surface area contributed by atoms with E-state index in [0.29, 0.717) is 18.7 Å². The Morgan fingerprint density at radius 3 is 2.69 bits per heavy atom. The summed E-state index contributed by atoms with van der Waals surface area (Å²) in [5.41, 5.74) is 4.20. The van der Waals surface area contributed by atoms with Crippen LogP contribution in [-0.2, 0) is 6.42 Å². The van der Waals surface area contributed by atoms with Crippen LogP contribution < -0.4 is 10.2 Å². The van der Waals surface area contributed by atoms with Crippen LogP contribution >= 0.6 is 0 Å². The summed E-state index contributed by atoms with van der Waals surface area (Å²) in [5.74, 6) is 0.0351. The quantitative estimate of drug-likeness (QED) is 0.749. The minimum absolute atomic E-state index is 0.118. The number of H-pyrrole nitrogens is 1. The zero-order chi connectivity index (χ0) is 18.5. The average molecular weight is 353 g/mol. The molecular weight excluding hydrogens is 326 g/mol. The monoisotopic (exact) mass is 353 g/mol. The van der Waals surface area contributed by atoms with Gasteiger partial charge in [-0.3, -0.25) is 9.59 Å². The Labute approximate surface area is 154 Å². The molecule has 5 heteroatoms. The first kappa shape index (κ1) is 18.2. The van der Waals surface area contributed by atoms with E-state index in [2.05, 4.69) is 34.3 Å². The van der Waals surface area contributed by atoms with E-state index in [0.717, 1.165) is 49.2 Å². The number of carbonyl (C=O) groups is 2. The van der Waals surface area contributed by atoms with Gasteiger partial charge in [0.1, 0.15) is 5.69 Å². The van der Waals surface area contributed by atoms with Gasteiger partial charge in [-0.25, -0.2) is 0 Å². The molecule has 138 valence electrons. The fourth-order valence-electron chi connectivity index (χ4n) is 3.67. The molecule has 1 aliphatic carbocycles. The van der Waals surface area contributed by atoms with Crippen LogP contribution in [0, 0.1) is 6.92 Å². The van der Waals surface area contributed by atoms with Gasteiger partial charge in [0, 0.05) is 43.0 Å². The van der Waals surface area contributed by atoms with Crippen LogP contribution in [0.15, 0.2) is 30.3 Å². The van der Waals surface area contributed by atoms with Gasteiger partial charge in [0.25, 0.3) is 5.91 Å². The van der Waals surface area contributed by atoms with Gasteiger partial charge in [0.2, 0.25) is 0 Å². The second kappa shape index (κ2) is 8.21. The predicted molar refractivity (Wildman–Crippen MR) is 104 cm³/mol. The summed E-state index contributed by atoms with van der Waals surface area (Å²) < 4.78 is 0. The van der Waals surface area contributed by atoms with Gasteiger partial charge in [0.15, 0.2) is 5.78 Å². The van der Waals surface area contributed by atoms with Crippen molar-refractivity contribution in [3.05, 3.63) is 52.8 Å². The smallest absolute Gasteiger partial charge is 0.268 e. The van der Waals surface area contributed by atoms with Crippen molar-refractivity contribution < 1.29 is 9.59 Å². The Morgan fingerprint density at radius 1 is 1.23 bits per heavy atom. The normalized spacial score (nSPS) is 13.4. The van der Waals surface area contributed by atoms with Crippen LogP contribution in [0.1, 0.15) is 58.3 Å². The number of amides is 1. The third-order valence-electron chi connectivity index (χ3n) is 5.06. The van der Waals surface area contributed by atoms with Crippen LogP contribution in [0.3, 0.4) is 0 Å². The van der Waals surface area contributed by atoms with Crippen molar-refractivity contribution in [2.75, 3.05) is 24.5 Å². The van der Waals surface area contributed by atoms with E-state index in [9.17, 15) is 9.59 Å². The number of carbonyl (C=O) groups excluding carboxylic acids is 2. The van der Waals surface area contributed by atoms with Crippen LogP contribution in [-0.4, -0.2) is 36.3 Å². The van der Waals surface area contributed by atoms with Gasteiger partial charge in [-0.05, 0) is 50.8 Å². The molecule has 0 saturated heterocycles. The molecule has 0 bridgehead atoms. The summed E-state index contributed by atoms with van der Waals surface area (Å²) in [5, 5.41) is 2.99. The maximum Gasteiger partial charge on any atom is 0.268 e. The topological polar surface area (TPSA) is 65.2 Å². The maximum absolute atomic E-state index is 12.5. The van der Waals surface area contributed by atoms with Gasteiger partial charge >= 0.3 is 0 Å². The molecule has 1 aromatic heterocycles. The number of aromatic amines is 1. The van der Waals surface area contributed by atoms with E-state index >= 15 is 0 Å². The van der Waals surface area contributed by atoms with E-state index < -0.39 is 0 Å². The molecule has 5 nitrogen and oxygen atoms in total. The summed E-state index contributed by atoms with van der Waals surface area (Å²) in [6, 6.07) is 10.3. The van der Waals surface area contributed by atoms with E-state index in [1.807, 2.05) is 25.1 Å². The first-order valence-electron chi connectivity index (χ1n) is 9.44. The number of rotatable bonds is 7. The number of ketones is 1. The molecule has 0 aliphatic heterocycles. The second-order valence-corrected chi connectivity index (χ2v) is 6.78. The third kappa shape index (κ3) is 3.82. The molecule has 0 atom stereocenters. The third-order valence-corrected chi connectivity index (χ3v) is 5.06. The van der Waals surface area contributed by atoms with Crippen molar-refractivity contribution in [3.63, 3.8) is 0 Å². The maximum atomic E-state index is 12.5. The molecule has 3 rings (SSSR count). The molecule has 0 radical (unpaired) electrons. The molecule has 0 fully saturated rings. The Bertz CT molecular complexity index is 780. The number of anilines is 1. The van der Waals surface area contributed by atoms with Gasteiger partial charge in [-0.1, -0.05) is 18.2 Å². The molecule has 2 N–H and O–H groups in total. The zero-order valence-electron chi connectivity index (χ0n) is 15.6. The predicted octanol–water partition coefficient (Wildman–Crippen LogP) is 3.49. The molecule has 26 heavy (non-hydrogen) atoms. The van der Waals surface area contributed by atoms with Gasteiger partial charge < -0.3 is 15.2 Å². The van der Waals surface area contributed by atoms with Crippen molar-refractivity contribution >= 4 is 17.4 Å². The Hall–Kier alpha value is -2.56. The Morgan fingerprint density at radius 2 is 2.00 bits per heavy atom. The minimum Gasteiger partial charge on any atom is -0.372 e. The number of hydrogen-bond donors (Lipinski definition) is 2. The lowest BCUT2D eigenvalue weighted by molar-refractivity contribution is 0.0947. The number of hydrogen-bond acceptors (Lipinski definition) is 3. The summed E-state index contributed by atoms with van der Waals surface area (Å²) >= 11 is 0. The number of nitrogens with zero attached hydrogens (tertiary/aromatic N) is 1. The van der Waals surface area contributed by atoms with Crippen LogP contribution in [0.25, 0.3) is 0 Å². The van der Waals surface area contributed by atoms with E-state index in [-0.39, 0.29) is 11.7 Å². The van der Waals surface area contributed by atoms with Crippen LogP contribution in [0.4, 0.5) is 5.69 Å². The molecule has 0 spiro atoms. The first-order chi connectivity index (χ1) is 12.6. The average Bonchev–Trinajstić information content (AvgIpc) is 3.00. The van der Waals surface area contributed by atoms with E-state index in [1.165, 1.54) is 5.69 Å². The van der Waals surface area contributed by atoms with Crippen molar-refractivity contribution in [2.24, 2.45) is 0 Å². The van der Waals surface area contributed by atoms with E-state index in [1.54, 1.807) is 0 Å². The summed E-state index contributed by atoms with van der Waals surface area (Å²) in [6.45, 7) is 6.43. The number of Topliss-reactive ketones (excluding diaryl/α,β-unsaturated/α-hetero) is 1. The van der Waals surface area contributed by atoms with Crippen molar-refractivity contribution in [1.82, 2.24) is 10.3 Å². The number of aryl methyl sites for hydroxylation is 1. The lowest BCUT2D eigenvalue weighted by Gasteiger charge is -2.23. The SMILES string of the molecule is CCN(CCCNC(=O)c1[nH]c2c(c1C)C(=O)CCC2)c1ccccc1. The van der Waals surface area contributed by atoms with Crippen LogP contribution in [0.5, 0.6) is 0 Å². The molecule has 1 amide bonds. The number of nitrogens with one attached hydrogen (secondary N) is 2.